The number of hydrogen-bond acceptors (Lipinski definition) is 1. The maximum absolute atomic E-state index is 9.60. The van der Waals surface area contributed by atoms with Gasteiger partial charge in [0.2, 0.25) is 5.91 Å². The molecule has 0 saturated carbocycles. The zero-order valence-electron chi connectivity index (χ0n) is 2.90. The summed E-state index contributed by atoms with van der Waals surface area (Å²) in [6.07, 6.45) is 0. The zero-order chi connectivity index (χ0) is 4.28. The van der Waals surface area contributed by atoms with Crippen LogP contribution in [0.2, 0.25) is 6.04 Å². The summed E-state index contributed by atoms with van der Waals surface area (Å²) in [5.74, 6) is -0.233. The summed E-state index contributed by atoms with van der Waals surface area (Å²) in [6.45, 7) is 0. The molecule has 0 aliphatic carbocycles. The minimum Gasteiger partial charge on any atom is -0.370 e. The molecule has 0 spiro atoms. The molecule has 0 bridgehead atoms. The molecule has 0 rings (SSSR count). The average Bonchev–Trinajstić information content (AvgIpc) is 1.38. The number of nitrogens with two attached hydrogens (primary N) is 1. The Balaban J connectivity index is 2.85. The smallest absolute Gasteiger partial charge is 0.213 e. The second kappa shape index (κ2) is 1.96. The standard InChI is InChI=1S/C2H6NOSi/c3-2(4)1-5/h1,5H2,(H2,3,4). The van der Waals surface area contributed by atoms with Crippen LogP contribution in [0.4, 0.5) is 0 Å². The van der Waals surface area contributed by atoms with Crippen LogP contribution in [0.1, 0.15) is 0 Å². The van der Waals surface area contributed by atoms with Crippen molar-refractivity contribution in [3.8, 4) is 0 Å². The fourth-order valence-electron chi connectivity index (χ4n) is 0. The van der Waals surface area contributed by atoms with E-state index in [1.54, 1.807) is 10.2 Å². The summed E-state index contributed by atoms with van der Waals surface area (Å²) in [5.41, 5.74) is 4.66. The van der Waals surface area contributed by atoms with Crippen molar-refractivity contribution in [3.05, 3.63) is 0 Å². The Morgan fingerprint density at radius 1 is 2.00 bits per heavy atom. The highest BCUT2D eigenvalue weighted by Gasteiger charge is 1.77. The first-order valence-corrected chi connectivity index (χ1v) is 2.35. The highest BCUT2D eigenvalue weighted by molar-refractivity contribution is 6.19. The Bertz CT molecular complexity index is 44.9. The van der Waals surface area contributed by atoms with E-state index in [1.807, 2.05) is 0 Å². The maximum atomic E-state index is 9.60. The van der Waals surface area contributed by atoms with E-state index in [0.29, 0.717) is 6.04 Å². The van der Waals surface area contributed by atoms with Gasteiger partial charge in [0, 0.05) is 16.3 Å². The number of amides is 1. The van der Waals surface area contributed by atoms with Crippen molar-refractivity contribution in [2.45, 2.75) is 6.04 Å². The van der Waals surface area contributed by atoms with Crippen LogP contribution in [0.5, 0.6) is 0 Å². The Morgan fingerprint density at radius 2 is 2.20 bits per heavy atom. The van der Waals surface area contributed by atoms with Gasteiger partial charge in [0.1, 0.15) is 0 Å². The van der Waals surface area contributed by atoms with E-state index in [0.717, 1.165) is 0 Å². The molecule has 29 valence electrons. The van der Waals surface area contributed by atoms with Crippen LogP contribution < -0.4 is 5.73 Å². The van der Waals surface area contributed by atoms with Crippen LogP contribution in [0, 0.1) is 0 Å². The van der Waals surface area contributed by atoms with E-state index in [2.05, 4.69) is 5.73 Å². The molecule has 0 aliphatic heterocycles. The number of rotatable bonds is 1. The van der Waals surface area contributed by atoms with E-state index >= 15 is 0 Å². The van der Waals surface area contributed by atoms with Crippen LogP contribution >= 0.6 is 0 Å². The molecular weight excluding hydrogens is 82.1 g/mol. The SMILES string of the molecule is NC(=O)C[SiH2]. The summed E-state index contributed by atoms with van der Waals surface area (Å²) < 4.78 is 0. The molecule has 1 amide bonds. The number of primary amides is 1. The van der Waals surface area contributed by atoms with Crippen LogP contribution in [0.15, 0.2) is 0 Å². The van der Waals surface area contributed by atoms with Crippen LogP contribution in [0.25, 0.3) is 0 Å². The first-order chi connectivity index (χ1) is 2.27. The highest BCUT2D eigenvalue weighted by Crippen LogP contribution is 1.58. The summed E-state index contributed by atoms with van der Waals surface area (Å²) in [6, 6.07) is 0.472. The van der Waals surface area contributed by atoms with Crippen molar-refractivity contribution in [3.63, 3.8) is 0 Å². The van der Waals surface area contributed by atoms with Crippen LogP contribution in [-0.4, -0.2) is 16.1 Å². The highest BCUT2D eigenvalue weighted by atomic mass is 28.1. The van der Waals surface area contributed by atoms with Gasteiger partial charge in [-0.05, 0) is 0 Å². The van der Waals surface area contributed by atoms with Crippen molar-refractivity contribution in [2.24, 2.45) is 5.73 Å². The Kier molecular flexibility index (Phi) is 1.84. The third-order valence-corrected chi connectivity index (χ3v) is 0.739. The molecule has 0 atom stereocenters. The summed E-state index contributed by atoms with van der Waals surface area (Å²) >= 11 is 0. The lowest BCUT2D eigenvalue weighted by Crippen LogP contribution is -2.07. The summed E-state index contributed by atoms with van der Waals surface area (Å²) in [4.78, 5) is 9.60. The minimum atomic E-state index is -0.233. The van der Waals surface area contributed by atoms with Crippen LogP contribution in [0.3, 0.4) is 0 Å². The van der Waals surface area contributed by atoms with Gasteiger partial charge in [-0.15, -0.1) is 0 Å². The van der Waals surface area contributed by atoms with Gasteiger partial charge >= 0.3 is 0 Å². The average molecular weight is 88.2 g/mol. The molecular formula is C2H6NOSi. The number of carbonyl (C=O) groups excluding carboxylic acids is 1. The molecule has 0 aromatic heterocycles. The normalized spacial score (nSPS) is 7.40. The molecule has 3 heteroatoms. The Hall–Kier alpha value is -0.313. The number of hydrogen-bond donors (Lipinski definition) is 1. The van der Waals surface area contributed by atoms with E-state index < -0.39 is 0 Å². The molecule has 0 aromatic rings. The van der Waals surface area contributed by atoms with E-state index in [4.69, 9.17) is 0 Å². The van der Waals surface area contributed by atoms with Gasteiger partial charge < -0.3 is 5.73 Å². The molecule has 0 fully saturated rings. The Labute approximate surface area is 33.8 Å². The van der Waals surface area contributed by atoms with Gasteiger partial charge in [-0.25, -0.2) is 0 Å². The fraction of sp³-hybridized carbons (Fsp3) is 0.500. The lowest BCUT2D eigenvalue weighted by atomic mass is 10.8. The van der Waals surface area contributed by atoms with Gasteiger partial charge in [0.05, 0.1) is 0 Å². The topological polar surface area (TPSA) is 43.1 Å². The second-order valence-electron chi connectivity index (χ2n) is 0.716. The quantitative estimate of drug-likeness (QED) is 0.390. The van der Waals surface area contributed by atoms with Gasteiger partial charge in [0.25, 0.3) is 0 Å². The molecule has 2 N–H and O–H groups in total. The van der Waals surface area contributed by atoms with Gasteiger partial charge in [-0.1, -0.05) is 0 Å². The predicted molar refractivity (Wildman–Crippen MR) is 22.5 cm³/mol. The zero-order valence-corrected chi connectivity index (χ0v) is 4.31. The Morgan fingerprint density at radius 3 is 2.20 bits per heavy atom. The monoisotopic (exact) mass is 88.0 g/mol. The molecule has 0 aromatic carbocycles. The van der Waals surface area contributed by atoms with E-state index in [9.17, 15) is 4.79 Å². The molecule has 0 unspecified atom stereocenters. The first kappa shape index (κ1) is 4.69. The molecule has 1 radical (unpaired) electrons. The largest absolute Gasteiger partial charge is 0.370 e. The van der Waals surface area contributed by atoms with Crippen molar-refractivity contribution < 1.29 is 4.79 Å². The third-order valence-electron chi connectivity index (χ3n) is 0.246. The van der Waals surface area contributed by atoms with E-state index in [1.165, 1.54) is 0 Å². The lowest BCUT2D eigenvalue weighted by Gasteiger charge is -1.73. The first-order valence-electron chi connectivity index (χ1n) is 1.35. The lowest BCUT2D eigenvalue weighted by molar-refractivity contribution is -0.115. The second-order valence-corrected chi connectivity index (χ2v) is 1.22. The summed E-state index contributed by atoms with van der Waals surface area (Å²) in [7, 11) is 1.56. The van der Waals surface area contributed by atoms with Crippen molar-refractivity contribution in [1.82, 2.24) is 0 Å². The van der Waals surface area contributed by atoms with Gasteiger partial charge in [-0.3, -0.25) is 4.79 Å². The minimum absolute atomic E-state index is 0.233. The van der Waals surface area contributed by atoms with Gasteiger partial charge in [-0.2, -0.15) is 0 Å². The molecule has 0 heterocycles. The van der Waals surface area contributed by atoms with E-state index in [-0.39, 0.29) is 5.91 Å². The molecule has 0 aliphatic rings. The molecule has 2 nitrogen and oxygen atoms in total. The summed E-state index contributed by atoms with van der Waals surface area (Å²) in [5, 5.41) is 0. The van der Waals surface area contributed by atoms with Gasteiger partial charge in [0.15, 0.2) is 0 Å². The number of carbonyl (C=O) groups is 1. The van der Waals surface area contributed by atoms with Crippen molar-refractivity contribution >= 4 is 16.1 Å². The van der Waals surface area contributed by atoms with Crippen molar-refractivity contribution in [2.75, 3.05) is 0 Å². The molecule has 5 heavy (non-hydrogen) atoms. The maximum Gasteiger partial charge on any atom is 0.213 e. The predicted octanol–water partition coefficient (Wildman–Crippen LogP) is -1.48. The van der Waals surface area contributed by atoms with Crippen LogP contribution in [-0.2, 0) is 4.79 Å². The van der Waals surface area contributed by atoms with Crippen molar-refractivity contribution in [1.29, 1.82) is 0 Å². The fourth-order valence-corrected chi connectivity index (χ4v) is 0. The molecule has 0 saturated heterocycles. The third kappa shape index (κ3) is 3.69.